The van der Waals surface area contributed by atoms with Crippen molar-refractivity contribution in [2.75, 3.05) is 19.8 Å². The molecule has 2 rings (SSSR count). The Kier molecular flexibility index (Phi) is 3.69. The van der Waals surface area contributed by atoms with Crippen LogP contribution in [0, 0.1) is 5.92 Å². The summed E-state index contributed by atoms with van der Waals surface area (Å²) in [6, 6.07) is 0. The summed E-state index contributed by atoms with van der Waals surface area (Å²) < 4.78 is 7.19. The van der Waals surface area contributed by atoms with Crippen molar-refractivity contribution in [1.29, 1.82) is 0 Å². The molecule has 0 aliphatic carbocycles. The van der Waals surface area contributed by atoms with E-state index in [9.17, 15) is 0 Å². The van der Waals surface area contributed by atoms with Crippen LogP contribution in [-0.2, 0) is 17.7 Å². The first-order valence-corrected chi connectivity index (χ1v) is 5.46. The fourth-order valence-corrected chi connectivity index (χ4v) is 1.79. The molecule has 1 aliphatic heterocycles. The molecule has 84 valence electrons. The Balaban J connectivity index is 1.83. The van der Waals surface area contributed by atoms with Crippen molar-refractivity contribution in [3.63, 3.8) is 0 Å². The molecule has 0 radical (unpaired) electrons. The Morgan fingerprint density at radius 1 is 1.60 bits per heavy atom. The van der Waals surface area contributed by atoms with E-state index < -0.39 is 0 Å². The van der Waals surface area contributed by atoms with Gasteiger partial charge in [0.2, 0.25) is 0 Å². The molecule has 0 saturated carbocycles. The van der Waals surface area contributed by atoms with Crippen molar-refractivity contribution in [3.8, 4) is 0 Å². The zero-order valence-corrected chi connectivity index (χ0v) is 8.80. The summed E-state index contributed by atoms with van der Waals surface area (Å²) in [7, 11) is 0. The number of ether oxygens (including phenoxy) is 1. The van der Waals surface area contributed by atoms with Crippen LogP contribution in [-0.4, -0.2) is 39.9 Å². The van der Waals surface area contributed by atoms with Crippen LogP contribution >= 0.6 is 0 Å². The predicted octanol–water partition coefficient (Wildman–Crippen LogP) is 0.239. The molecule has 1 aromatic rings. The highest BCUT2D eigenvalue weighted by Crippen LogP contribution is 2.14. The minimum Gasteiger partial charge on any atom is -0.396 e. The Morgan fingerprint density at radius 2 is 2.53 bits per heavy atom. The smallest absolute Gasteiger partial charge is 0.0828 e. The lowest BCUT2D eigenvalue weighted by atomic mass is 10.1. The third-order valence-electron chi connectivity index (χ3n) is 2.65. The fourth-order valence-electron chi connectivity index (χ4n) is 1.79. The average molecular weight is 211 g/mol. The molecule has 1 unspecified atom stereocenters. The van der Waals surface area contributed by atoms with Crippen LogP contribution in [0.15, 0.2) is 6.20 Å². The molecule has 1 saturated heterocycles. The fraction of sp³-hybridized carbons (Fsp3) is 0.800. The van der Waals surface area contributed by atoms with Gasteiger partial charge in [0, 0.05) is 31.9 Å². The molecule has 0 amide bonds. The van der Waals surface area contributed by atoms with Gasteiger partial charge in [-0.1, -0.05) is 5.21 Å². The first kappa shape index (κ1) is 10.6. The number of aliphatic hydroxyl groups excluding tert-OH is 1. The van der Waals surface area contributed by atoms with Crippen molar-refractivity contribution in [3.05, 3.63) is 11.9 Å². The Hall–Kier alpha value is -0.940. The first-order chi connectivity index (χ1) is 7.38. The predicted molar refractivity (Wildman–Crippen MR) is 54.4 cm³/mol. The molecule has 0 aromatic carbocycles. The van der Waals surface area contributed by atoms with E-state index in [-0.39, 0.29) is 6.61 Å². The number of hydrogen-bond acceptors (Lipinski definition) is 4. The SMILES string of the molecule is OCCCc1cn(CC2CCOC2)nn1. The molecule has 5 nitrogen and oxygen atoms in total. The van der Waals surface area contributed by atoms with Gasteiger partial charge in [0.25, 0.3) is 0 Å². The molecular weight excluding hydrogens is 194 g/mol. The van der Waals surface area contributed by atoms with Crippen molar-refractivity contribution in [1.82, 2.24) is 15.0 Å². The highest BCUT2D eigenvalue weighted by Gasteiger charge is 2.16. The minimum atomic E-state index is 0.212. The summed E-state index contributed by atoms with van der Waals surface area (Å²) >= 11 is 0. The number of aromatic nitrogens is 3. The molecule has 1 aliphatic rings. The normalized spacial score (nSPS) is 21.0. The van der Waals surface area contributed by atoms with Crippen LogP contribution in [0.5, 0.6) is 0 Å². The van der Waals surface area contributed by atoms with Crippen molar-refractivity contribution in [2.45, 2.75) is 25.8 Å². The number of nitrogens with zero attached hydrogens (tertiary/aromatic N) is 3. The van der Waals surface area contributed by atoms with Crippen LogP contribution in [0.4, 0.5) is 0 Å². The zero-order valence-electron chi connectivity index (χ0n) is 8.80. The summed E-state index contributed by atoms with van der Waals surface area (Å²) in [5.41, 5.74) is 0.961. The number of aliphatic hydroxyl groups is 1. The zero-order chi connectivity index (χ0) is 10.5. The second kappa shape index (κ2) is 5.23. The molecule has 2 heterocycles. The molecule has 1 fully saturated rings. The van der Waals surface area contributed by atoms with E-state index in [4.69, 9.17) is 9.84 Å². The summed E-state index contributed by atoms with van der Waals surface area (Å²) in [4.78, 5) is 0. The highest BCUT2D eigenvalue weighted by molar-refractivity contribution is 4.92. The average Bonchev–Trinajstić information content (AvgIpc) is 2.87. The third kappa shape index (κ3) is 3.00. The second-order valence-electron chi connectivity index (χ2n) is 3.99. The first-order valence-electron chi connectivity index (χ1n) is 5.46. The van der Waals surface area contributed by atoms with Crippen LogP contribution in [0.2, 0.25) is 0 Å². The maximum absolute atomic E-state index is 8.69. The quantitative estimate of drug-likeness (QED) is 0.758. The lowest BCUT2D eigenvalue weighted by Gasteiger charge is -2.05. The van der Waals surface area contributed by atoms with Crippen LogP contribution in [0.25, 0.3) is 0 Å². The van der Waals surface area contributed by atoms with Gasteiger partial charge in [-0.25, -0.2) is 0 Å². The van der Waals surface area contributed by atoms with Gasteiger partial charge in [-0.2, -0.15) is 0 Å². The molecule has 15 heavy (non-hydrogen) atoms. The maximum atomic E-state index is 8.69. The summed E-state index contributed by atoms with van der Waals surface area (Å²) in [6.45, 7) is 2.82. The van der Waals surface area contributed by atoms with Gasteiger partial charge in [0.1, 0.15) is 0 Å². The molecule has 1 aromatic heterocycles. The topological polar surface area (TPSA) is 60.2 Å². The van der Waals surface area contributed by atoms with E-state index in [2.05, 4.69) is 10.3 Å². The van der Waals surface area contributed by atoms with Gasteiger partial charge in [0.05, 0.1) is 12.3 Å². The number of hydrogen-bond donors (Lipinski definition) is 1. The lowest BCUT2D eigenvalue weighted by Crippen LogP contribution is -2.11. The van der Waals surface area contributed by atoms with Crippen molar-refractivity contribution >= 4 is 0 Å². The summed E-state index contributed by atoms with van der Waals surface area (Å²) in [6.07, 6.45) is 4.64. The Bertz CT molecular complexity index is 295. The minimum absolute atomic E-state index is 0.212. The largest absolute Gasteiger partial charge is 0.396 e. The van der Waals surface area contributed by atoms with Crippen molar-refractivity contribution in [2.24, 2.45) is 5.92 Å². The molecule has 0 spiro atoms. The van der Waals surface area contributed by atoms with E-state index in [1.165, 1.54) is 0 Å². The van der Waals surface area contributed by atoms with E-state index in [1.807, 2.05) is 10.9 Å². The van der Waals surface area contributed by atoms with Gasteiger partial charge in [-0.15, -0.1) is 5.10 Å². The van der Waals surface area contributed by atoms with Gasteiger partial charge >= 0.3 is 0 Å². The summed E-state index contributed by atoms with van der Waals surface area (Å²) in [5, 5.41) is 16.8. The van der Waals surface area contributed by atoms with E-state index in [0.717, 1.165) is 44.7 Å². The van der Waals surface area contributed by atoms with E-state index in [0.29, 0.717) is 5.92 Å². The second-order valence-corrected chi connectivity index (χ2v) is 3.99. The van der Waals surface area contributed by atoms with Crippen LogP contribution < -0.4 is 0 Å². The van der Waals surface area contributed by atoms with Crippen molar-refractivity contribution < 1.29 is 9.84 Å². The van der Waals surface area contributed by atoms with E-state index in [1.54, 1.807) is 0 Å². The van der Waals surface area contributed by atoms with Gasteiger partial charge in [0.15, 0.2) is 0 Å². The van der Waals surface area contributed by atoms with Gasteiger partial charge in [-0.3, -0.25) is 4.68 Å². The van der Waals surface area contributed by atoms with Gasteiger partial charge in [-0.05, 0) is 19.3 Å². The molecule has 5 heteroatoms. The molecule has 0 bridgehead atoms. The molecule has 1 N–H and O–H groups in total. The highest BCUT2D eigenvalue weighted by atomic mass is 16.5. The maximum Gasteiger partial charge on any atom is 0.0828 e. The third-order valence-corrected chi connectivity index (χ3v) is 2.65. The molecular formula is C10H17N3O2. The number of aryl methyl sites for hydroxylation is 1. The summed E-state index contributed by atoms with van der Waals surface area (Å²) in [5.74, 6) is 0.581. The van der Waals surface area contributed by atoms with E-state index >= 15 is 0 Å². The monoisotopic (exact) mass is 211 g/mol. The van der Waals surface area contributed by atoms with Gasteiger partial charge < -0.3 is 9.84 Å². The van der Waals surface area contributed by atoms with Crippen LogP contribution in [0.1, 0.15) is 18.5 Å². The lowest BCUT2D eigenvalue weighted by molar-refractivity contribution is 0.181. The number of rotatable bonds is 5. The van der Waals surface area contributed by atoms with Crippen LogP contribution in [0.3, 0.4) is 0 Å². The molecule has 1 atom stereocenters. The Labute approximate surface area is 89.0 Å². The Morgan fingerprint density at radius 3 is 3.27 bits per heavy atom. The standard InChI is InChI=1S/C10H17N3O2/c14-4-1-2-10-7-13(12-11-10)6-9-3-5-15-8-9/h7,9,14H,1-6,8H2.